The maximum atomic E-state index is 12.5. The minimum Gasteiger partial charge on any atom is -0.458 e. The first-order valence-corrected chi connectivity index (χ1v) is 12.4. The summed E-state index contributed by atoms with van der Waals surface area (Å²) in [5.74, 6) is -0.816. The predicted molar refractivity (Wildman–Crippen MR) is 133 cm³/mol. The van der Waals surface area contributed by atoms with Gasteiger partial charge in [0, 0.05) is 12.5 Å². The lowest BCUT2D eigenvalue weighted by Crippen LogP contribution is -2.67. The van der Waals surface area contributed by atoms with E-state index in [9.17, 15) is 9.59 Å². The minimum atomic E-state index is -0.866. The van der Waals surface area contributed by atoms with Gasteiger partial charge >= 0.3 is 5.97 Å². The van der Waals surface area contributed by atoms with E-state index in [1.165, 1.54) is 6.92 Å². The molecular formula is C28H35NO8. The van der Waals surface area contributed by atoms with E-state index >= 15 is 0 Å². The van der Waals surface area contributed by atoms with Gasteiger partial charge in [0.15, 0.2) is 12.6 Å². The Morgan fingerprint density at radius 3 is 2.30 bits per heavy atom. The molecule has 0 radical (unpaired) electrons. The van der Waals surface area contributed by atoms with Crippen molar-refractivity contribution in [2.45, 2.75) is 76.8 Å². The van der Waals surface area contributed by atoms with Crippen molar-refractivity contribution >= 4 is 11.9 Å². The highest BCUT2D eigenvalue weighted by Gasteiger charge is 2.51. The molecule has 1 N–H and O–H groups in total. The molecule has 0 saturated carbocycles. The molecule has 0 spiro atoms. The van der Waals surface area contributed by atoms with E-state index < -0.39 is 48.5 Å². The molecule has 200 valence electrons. The van der Waals surface area contributed by atoms with Crippen LogP contribution in [-0.2, 0) is 44.6 Å². The molecule has 0 bridgehead atoms. The average molecular weight is 514 g/mol. The Balaban J connectivity index is 1.56. The number of esters is 1. The number of nitrogens with one attached hydrogen (secondary N) is 1. The number of benzene rings is 2. The van der Waals surface area contributed by atoms with E-state index in [-0.39, 0.29) is 25.7 Å². The zero-order valence-corrected chi connectivity index (χ0v) is 21.6. The average Bonchev–Trinajstić information content (AvgIpc) is 2.86. The van der Waals surface area contributed by atoms with E-state index in [2.05, 4.69) is 5.32 Å². The fourth-order valence-corrected chi connectivity index (χ4v) is 4.37. The third-order valence-corrected chi connectivity index (χ3v) is 5.85. The van der Waals surface area contributed by atoms with Crippen molar-refractivity contribution in [3.8, 4) is 0 Å². The summed E-state index contributed by atoms with van der Waals surface area (Å²) in [7, 11) is 0. The van der Waals surface area contributed by atoms with Gasteiger partial charge in [-0.2, -0.15) is 0 Å². The van der Waals surface area contributed by atoms with Gasteiger partial charge in [0.2, 0.25) is 5.91 Å². The largest absolute Gasteiger partial charge is 0.458 e. The molecule has 2 aromatic rings. The molecular weight excluding hydrogens is 478 g/mol. The fraction of sp³-hybridized carbons (Fsp3) is 0.500. The van der Waals surface area contributed by atoms with Gasteiger partial charge in [-0.25, -0.2) is 4.79 Å². The molecule has 0 unspecified atom stereocenters. The predicted octanol–water partition coefficient (Wildman–Crippen LogP) is 3.27. The zero-order valence-electron chi connectivity index (χ0n) is 21.6. The lowest BCUT2D eigenvalue weighted by atomic mass is 9.95. The van der Waals surface area contributed by atoms with Crippen LogP contribution in [0.15, 0.2) is 60.7 Å². The summed E-state index contributed by atoms with van der Waals surface area (Å²) < 4.78 is 36.2. The first-order valence-electron chi connectivity index (χ1n) is 12.4. The highest BCUT2D eigenvalue weighted by molar-refractivity contribution is 5.73. The minimum absolute atomic E-state index is 0.217. The maximum Gasteiger partial charge on any atom is 0.332 e. The number of rotatable bonds is 8. The van der Waals surface area contributed by atoms with Crippen LogP contribution in [0, 0.1) is 0 Å². The van der Waals surface area contributed by atoms with Crippen LogP contribution in [0.2, 0.25) is 0 Å². The topological polar surface area (TPSA) is 102 Å². The van der Waals surface area contributed by atoms with Crippen molar-refractivity contribution in [3.63, 3.8) is 0 Å². The van der Waals surface area contributed by atoms with Crippen LogP contribution in [0.3, 0.4) is 0 Å². The Labute approximate surface area is 217 Å². The van der Waals surface area contributed by atoms with E-state index in [4.69, 9.17) is 28.4 Å². The monoisotopic (exact) mass is 513 g/mol. The Kier molecular flexibility index (Phi) is 8.94. The van der Waals surface area contributed by atoms with Gasteiger partial charge < -0.3 is 33.7 Å². The molecule has 37 heavy (non-hydrogen) atoms. The number of hydrogen-bond donors (Lipinski definition) is 1. The lowest BCUT2D eigenvalue weighted by molar-refractivity contribution is -0.349. The number of ether oxygens (including phenoxy) is 6. The number of carbonyl (C=O) groups is 2. The summed E-state index contributed by atoms with van der Waals surface area (Å²) in [6, 6.07) is 18.4. The molecule has 0 aromatic heterocycles. The second kappa shape index (κ2) is 12.1. The molecule has 9 heteroatoms. The molecule has 1 amide bonds. The van der Waals surface area contributed by atoms with Gasteiger partial charge in [0.05, 0.1) is 13.2 Å². The van der Waals surface area contributed by atoms with Crippen molar-refractivity contribution in [1.82, 2.24) is 5.32 Å². The van der Waals surface area contributed by atoms with E-state index in [1.54, 1.807) is 20.8 Å². The maximum absolute atomic E-state index is 12.5. The standard InChI is InChI=1S/C28H35NO8/c1-18(30)29-23-25(32-17-22(31)37-28(2,3)4)24-21(16-34-26(36-24)20-13-9-6-10-14-20)35-27(23)33-15-19-11-7-5-8-12-19/h5-14,21,23-27H,15-17H2,1-4H3,(H,29,30)/t21-,23-,24+,25+,26-,27+/m0/s1. The Bertz CT molecular complexity index is 1030. The van der Waals surface area contributed by atoms with Crippen molar-refractivity contribution in [3.05, 3.63) is 71.8 Å². The quantitative estimate of drug-likeness (QED) is 0.537. The van der Waals surface area contributed by atoms with E-state index in [0.717, 1.165) is 11.1 Å². The highest BCUT2D eigenvalue weighted by Crippen LogP contribution is 2.36. The van der Waals surface area contributed by atoms with Crippen LogP contribution in [0.5, 0.6) is 0 Å². The van der Waals surface area contributed by atoms with Crippen molar-refractivity contribution < 1.29 is 38.0 Å². The lowest BCUT2D eigenvalue weighted by Gasteiger charge is -2.49. The molecule has 9 nitrogen and oxygen atoms in total. The van der Waals surface area contributed by atoms with Crippen molar-refractivity contribution in [1.29, 1.82) is 0 Å². The van der Waals surface area contributed by atoms with Crippen LogP contribution in [0.1, 0.15) is 45.1 Å². The molecule has 6 atom stereocenters. The van der Waals surface area contributed by atoms with Crippen LogP contribution >= 0.6 is 0 Å². The Morgan fingerprint density at radius 1 is 0.973 bits per heavy atom. The number of fused-ring (bicyclic) bond motifs is 1. The van der Waals surface area contributed by atoms with Crippen LogP contribution < -0.4 is 5.32 Å². The molecule has 4 rings (SSSR count). The first-order chi connectivity index (χ1) is 17.7. The number of hydrogen-bond acceptors (Lipinski definition) is 8. The van der Waals surface area contributed by atoms with Gasteiger partial charge in [-0.3, -0.25) is 4.79 Å². The van der Waals surface area contributed by atoms with E-state index in [1.807, 2.05) is 60.7 Å². The smallest absolute Gasteiger partial charge is 0.332 e. The third-order valence-electron chi connectivity index (χ3n) is 5.85. The van der Waals surface area contributed by atoms with Crippen LogP contribution in [0.4, 0.5) is 0 Å². The fourth-order valence-electron chi connectivity index (χ4n) is 4.37. The summed E-state index contributed by atoms with van der Waals surface area (Å²) in [6.45, 7) is 6.91. The molecule has 2 saturated heterocycles. The van der Waals surface area contributed by atoms with E-state index in [0.29, 0.717) is 0 Å². The third kappa shape index (κ3) is 7.59. The summed E-state index contributed by atoms with van der Waals surface area (Å²) >= 11 is 0. The molecule has 2 aliphatic heterocycles. The van der Waals surface area contributed by atoms with Crippen LogP contribution in [-0.4, -0.2) is 61.3 Å². The number of carbonyl (C=O) groups excluding carboxylic acids is 2. The molecule has 2 fully saturated rings. The summed E-state index contributed by atoms with van der Waals surface area (Å²) in [5, 5.41) is 2.89. The molecule has 2 aromatic carbocycles. The van der Waals surface area contributed by atoms with Crippen molar-refractivity contribution in [2.75, 3.05) is 13.2 Å². The van der Waals surface area contributed by atoms with Gasteiger partial charge in [-0.1, -0.05) is 60.7 Å². The molecule has 2 aliphatic rings. The van der Waals surface area contributed by atoms with Gasteiger partial charge in [0.25, 0.3) is 0 Å². The van der Waals surface area contributed by atoms with Crippen molar-refractivity contribution in [2.24, 2.45) is 0 Å². The normalized spacial score (nSPS) is 27.7. The van der Waals surface area contributed by atoms with Gasteiger partial charge in [-0.15, -0.1) is 0 Å². The zero-order chi connectivity index (χ0) is 26.4. The summed E-state index contributed by atoms with van der Waals surface area (Å²) in [5.41, 5.74) is 1.12. The first kappa shape index (κ1) is 27.2. The van der Waals surface area contributed by atoms with Gasteiger partial charge in [-0.05, 0) is 26.3 Å². The number of amides is 1. The van der Waals surface area contributed by atoms with Gasteiger partial charge in [0.1, 0.15) is 36.6 Å². The molecule has 2 heterocycles. The Morgan fingerprint density at radius 2 is 1.65 bits per heavy atom. The summed E-state index contributed by atoms with van der Waals surface area (Å²) in [6.07, 6.45) is -3.48. The second-order valence-electron chi connectivity index (χ2n) is 10.1. The molecule has 0 aliphatic carbocycles. The SMILES string of the molecule is CC(=O)N[C@@H]1[C@H](OCc2ccccc2)O[C@H]2CO[C@H](c3ccccc3)O[C@H]2[C@@H]1OCC(=O)OC(C)(C)C. The summed E-state index contributed by atoms with van der Waals surface area (Å²) in [4.78, 5) is 24.7. The van der Waals surface area contributed by atoms with Crippen LogP contribution in [0.25, 0.3) is 0 Å². The highest BCUT2D eigenvalue weighted by atomic mass is 16.8. The Hall–Kier alpha value is -2.82. The second-order valence-corrected chi connectivity index (χ2v) is 10.1.